The number of fused-ring (bicyclic) bond motifs is 1. The van der Waals surface area contributed by atoms with Crippen molar-refractivity contribution in [1.29, 1.82) is 0 Å². The maximum Gasteiger partial charge on any atom is 0.232 e. The molecule has 1 aliphatic heterocycles. The third kappa shape index (κ3) is 2.73. The van der Waals surface area contributed by atoms with E-state index in [-0.39, 0.29) is 11.8 Å². The number of likely N-dealkylation sites (N-methyl/N-ethyl adjacent to an activating group) is 1. The Morgan fingerprint density at radius 3 is 2.42 bits per heavy atom. The highest BCUT2D eigenvalue weighted by Gasteiger charge is 2.43. The average Bonchev–Trinajstić information content (AvgIpc) is 2.98. The molecule has 130 valence electrons. The Hall–Kier alpha value is -3.14. The molecule has 1 aliphatic rings. The van der Waals surface area contributed by atoms with Gasteiger partial charge in [-0.2, -0.15) is 0 Å². The SMILES string of the molecule is CN1C[C@@H](c2ccc3ccccc3c2)[C@H](/C(=N/O)c2ccccc2)C1=O. The molecule has 0 bridgehead atoms. The molecule has 3 aromatic carbocycles. The van der Waals surface area contributed by atoms with Gasteiger partial charge < -0.3 is 10.1 Å². The first-order valence-corrected chi connectivity index (χ1v) is 8.70. The molecule has 1 saturated heterocycles. The van der Waals surface area contributed by atoms with Crippen LogP contribution in [0.3, 0.4) is 0 Å². The molecule has 4 rings (SSSR count). The number of amides is 1. The van der Waals surface area contributed by atoms with Crippen molar-refractivity contribution in [3.05, 3.63) is 83.9 Å². The maximum atomic E-state index is 12.9. The van der Waals surface area contributed by atoms with Crippen LogP contribution in [0.25, 0.3) is 10.8 Å². The second-order valence-corrected chi connectivity index (χ2v) is 6.76. The van der Waals surface area contributed by atoms with Gasteiger partial charge in [-0.25, -0.2) is 0 Å². The van der Waals surface area contributed by atoms with E-state index < -0.39 is 5.92 Å². The summed E-state index contributed by atoms with van der Waals surface area (Å²) in [7, 11) is 1.80. The molecule has 0 unspecified atom stereocenters. The predicted octanol–water partition coefficient (Wildman–Crippen LogP) is 3.89. The number of carbonyl (C=O) groups excluding carboxylic acids is 1. The van der Waals surface area contributed by atoms with Crippen LogP contribution >= 0.6 is 0 Å². The minimum absolute atomic E-state index is 0.0141. The van der Waals surface area contributed by atoms with Gasteiger partial charge >= 0.3 is 0 Å². The van der Waals surface area contributed by atoms with Crippen LogP contribution in [-0.2, 0) is 4.79 Å². The normalized spacial score (nSPS) is 20.7. The van der Waals surface area contributed by atoms with Crippen LogP contribution in [0, 0.1) is 5.92 Å². The number of likely N-dealkylation sites (tertiary alicyclic amines) is 1. The Bertz CT molecular complexity index is 982. The van der Waals surface area contributed by atoms with Crippen molar-refractivity contribution < 1.29 is 10.0 Å². The van der Waals surface area contributed by atoms with E-state index >= 15 is 0 Å². The maximum absolute atomic E-state index is 12.9. The van der Waals surface area contributed by atoms with E-state index in [0.29, 0.717) is 12.3 Å². The lowest BCUT2D eigenvalue weighted by Gasteiger charge is -2.19. The number of hydrogen-bond acceptors (Lipinski definition) is 3. The van der Waals surface area contributed by atoms with E-state index in [1.165, 1.54) is 5.39 Å². The lowest BCUT2D eigenvalue weighted by molar-refractivity contribution is -0.128. The van der Waals surface area contributed by atoms with E-state index in [1.807, 2.05) is 42.5 Å². The zero-order valence-corrected chi connectivity index (χ0v) is 14.5. The van der Waals surface area contributed by atoms with Crippen LogP contribution < -0.4 is 0 Å². The molecule has 1 amide bonds. The van der Waals surface area contributed by atoms with Crippen molar-refractivity contribution in [1.82, 2.24) is 4.90 Å². The van der Waals surface area contributed by atoms with Crippen LogP contribution in [0.15, 0.2) is 78.0 Å². The zero-order valence-electron chi connectivity index (χ0n) is 14.5. The molecule has 1 heterocycles. The molecular weight excluding hydrogens is 324 g/mol. The molecule has 3 aromatic rings. The molecule has 1 N–H and O–H groups in total. The second kappa shape index (κ2) is 6.64. The van der Waals surface area contributed by atoms with Gasteiger partial charge in [-0.15, -0.1) is 0 Å². The van der Waals surface area contributed by atoms with Gasteiger partial charge in [0, 0.05) is 25.1 Å². The monoisotopic (exact) mass is 344 g/mol. The number of rotatable bonds is 3. The van der Waals surface area contributed by atoms with Crippen LogP contribution in [0.5, 0.6) is 0 Å². The summed E-state index contributed by atoms with van der Waals surface area (Å²) in [5, 5.41) is 15.5. The third-order valence-corrected chi connectivity index (χ3v) is 5.19. The second-order valence-electron chi connectivity index (χ2n) is 6.76. The molecule has 0 aliphatic carbocycles. The number of benzene rings is 3. The number of carbonyl (C=O) groups is 1. The van der Waals surface area contributed by atoms with Crippen molar-refractivity contribution in [2.75, 3.05) is 13.6 Å². The van der Waals surface area contributed by atoms with Crippen LogP contribution in [0.4, 0.5) is 0 Å². The van der Waals surface area contributed by atoms with Gasteiger partial charge in [0.05, 0.1) is 11.6 Å². The third-order valence-electron chi connectivity index (χ3n) is 5.19. The first-order chi connectivity index (χ1) is 12.7. The molecular formula is C22H20N2O2. The van der Waals surface area contributed by atoms with E-state index in [4.69, 9.17) is 0 Å². The minimum atomic E-state index is -0.492. The minimum Gasteiger partial charge on any atom is -0.411 e. The summed E-state index contributed by atoms with van der Waals surface area (Å²) < 4.78 is 0. The van der Waals surface area contributed by atoms with Gasteiger partial charge in [0.25, 0.3) is 0 Å². The summed E-state index contributed by atoms with van der Waals surface area (Å²) in [6.45, 7) is 0.605. The van der Waals surface area contributed by atoms with Gasteiger partial charge in [-0.1, -0.05) is 78.0 Å². The summed E-state index contributed by atoms with van der Waals surface area (Å²) in [5.41, 5.74) is 2.29. The topological polar surface area (TPSA) is 52.9 Å². The largest absolute Gasteiger partial charge is 0.411 e. The smallest absolute Gasteiger partial charge is 0.232 e. The van der Waals surface area contributed by atoms with E-state index in [9.17, 15) is 10.0 Å². The summed E-state index contributed by atoms with van der Waals surface area (Å²) in [4.78, 5) is 14.6. The Morgan fingerprint density at radius 2 is 1.69 bits per heavy atom. The molecule has 0 saturated carbocycles. The van der Waals surface area contributed by atoms with Gasteiger partial charge in [-0.3, -0.25) is 4.79 Å². The highest BCUT2D eigenvalue weighted by Crippen LogP contribution is 2.36. The van der Waals surface area contributed by atoms with Crippen molar-refractivity contribution in [3.63, 3.8) is 0 Å². The van der Waals surface area contributed by atoms with Crippen LogP contribution in [0.2, 0.25) is 0 Å². The first kappa shape index (κ1) is 16.3. The lowest BCUT2D eigenvalue weighted by Crippen LogP contribution is -2.29. The van der Waals surface area contributed by atoms with Crippen molar-refractivity contribution >= 4 is 22.4 Å². The summed E-state index contributed by atoms with van der Waals surface area (Å²) in [5.74, 6) is -0.559. The molecule has 0 radical (unpaired) electrons. The van der Waals surface area contributed by atoms with Crippen LogP contribution in [-0.4, -0.2) is 35.3 Å². The van der Waals surface area contributed by atoms with E-state index in [2.05, 4.69) is 35.5 Å². The fourth-order valence-electron chi connectivity index (χ4n) is 3.85. The lowest BCUT2D eigenvalue weighted by atomic mass is 9.82. The Labute approximate surface area is 152 Å². The standard InChI is InChI=1S/C22H20N2O2/c1-24-14-19(18-12-11-15-7-5-6-10-17(15)13-18)20(22(24)25)21(23-26)16-8-3-2-4-9-16/h2-13,19-20,26H,14H2,1H3/b23-21+/t19-,20+/m0/s1. The molecule has 2 atom stereocenters. The van der Waals surface area contributed by atoms with Crippen molar-refractivity contribution in [2.45, 2.75) is 5.92 Å². The fraction of sp³-hybridized carbons (Fsp3) is 0.182. The molecule has 4 nitrogen and oxygen atoms in total. The van der Waals surface area contributed by atoms with Crippen molar-refractivity contribution in [3.8, 4) is 0 Å². The van der Waals surface area contributed by atoms with E-state index in [1.54, 1.807) is 11.9 Å². The first-order valence-electron chi connectivity index (χ1n) is 8.70. The molecule has 0 spiro atoms. The molecule has 26 heavy (non-hydrogen) atoms. The summed E-state index contributed by atoms with van der Waals surface area (Å²) >= 11 is 0. The predicted molar refractivity (Wildman–Crippen MR) is 103 cm³/mol. The highest BCUT2D eigenvalue weighted by atomic mass is 16.4. The molecule has 4 heteroatoms. The van der Waals surface area contributed by atoms with Gasteiger partial charge in [-0.05, 0) is 16.3 Å². The fourth-order valence-corrected chi connectivity index (χ4v) is 3.85. The Balaban J connectivity index is 1.79. The molecule has 0 aromatic heterocycles. The van der Waals surface area contributed by atoms with Gasteiger partial charge in [0.1, 0.15) is 0 Å². The number of hydrogen-bond donors (Lipinski definition) is 1. The zero-order chi connectivity index (χ0) is 18.1. The average molecular weight is 344 g/mol. The van der Waals surface area contributed by atoms with Crippen molar-refractivity contribution in [2.24, 2.45) is 11.1 Å². The van der Waals surface area contributed by atoms with Crippen LogP contribution in [0.1, 0.15) is 17.0 Å². The number of nitrogens with zero attached hydrogens (tertiary/aromatic N) is 2. The quantitative estimate of drug-likeness (QED) is 0.445. The summed E-state index contributed by atoms with van der Waals surface area (Å²) in [6.07, 6.45) is 0. The number of oxime groups is 1. The van der Waals surface area contributed by atoms with E-state index in [0.717, 1.165) is 16.5 Å². The highest BCUT2D eigenvalue weighted by molar-refractivity contribution is 6.14. The Morgan fingerprint density at radius 1 is 1.00 bits per heavy atom. The molecule has 1 fully saturated rings. The van der Waals surface area contributed by atoms with Gasteiger partial charge in [0.15, 0.2) is 0 Å². The Kier molecular flexibility index (Phi) is 4.17. The van der Waals surface area contributed by atoms with Gasteiger partial charge in [0.2, 0.25) is 5.91 Å². The summed E-state index contributed by atoms with van der Waals surface area (Å²) in [6, 6.07) is 23.9.